The number of nitriles is 1. The molecule has 0 bridgehead atoms. The minimum Gasteiger partial charge on any atom is -0.497 e. The first-order valence-corrected chi connectivity index (χ1v) is 14.9. The van der Waals surface area contributed by atoms with Gasteiger partial charge in [0.05, 0.1) is 31.7 Å². The van der Waals surface area contributed by atoms with Crippen molar-refractivity contribution in [2.45, 2.75) is 45.2 Å². The van der Waals surface area contributed by atoms with E-state index in [-0.39, 0.29) is 18.8 Å². The van der Waals surface area contributed by atoms with Gasteiger partial charge in [0.2, 0.25) is 5.60 Å². The Labute approximate surface area is 280 Å². The number of hydrogen-bond donors (Lipinski definition) is 2. The lowest BCUT2D eigenvalue weighted by molar-refractivity contribution is -0.274. The van der Waals surface area contributed by atoms with Crippen LogP contribution in [-0.2, 0) is 20.8 Å². The van der Waals surface area contributed by atoms with E-state index in [1.807, 2.05) is 6.07 Å². The average molecular weight is 688 g/mol. The van der Waals surface area contributed by atoms with Gasteiger partial charge in [-0.15, -0.1) is 13.2 Å². The Kier molecular flexibility index (Phi) is 10.9. The number of anilines is 2. The molecule has 4 rings (SSSR count). The van der Waals surface area contributed by atoms with E-state index in [4.69, 9.17) is 31.2 Å². The lowest BCUT2D eigenvalue weighted by Gasteiger charge is -2.27. The predicted octanol–water partition coefficient (Wildman–Crippen LogP) is 6.16. The summed E-state index contributed by atoms with van der Waals surface area (Å²) in [6.07, 6.45) is -4.49. The zero-order valence-electron chi connectivity index (χ0n) is 26.7. The number of nitrogens with one attached hydrogen (secondary N) is 2. The number of nitrogens with zero attached hydrogens (tertiary/aromatic N) is 3. The fourth-order valence-corrected chi connectivity index (χ4v) is 5.08. The van der Waals surface area contributed by atoms with Gasteiger partial charge in [0.25, 0.3) is 11.8 Å². The maximum atomic E-state index is 14.4. The molecule has 1 heterocycles. The van der Waals surface area contributed by atoms with Crippen molar-refractivity contribution in [2.75, 3.05) is 37.5 Å². The van der Waals surface area contributed by atoms with Gasteiger partial charge >= 0.3 is 6.36 Å². The number of carbonyl (C=O) groups excluding carboxylic acids is 2. The number of rotatable bonds is 12. The van der Waals surface area contributed by atoms with Gasteiger partial charge in [-0.1, -0.05) is 28.9 Å². The zero-order valence-corrected chi connectivity index (χ0v) is 27.5. The first-order chi connectivity index (χ1) is 22.6. The highest BCUT2D eigenvalue weighted by Crippen LogP contribution is 2.38. The molecule has 0 aliphatic carbocycles. The Morgan fingerprint density at radius 3 is 2.48 bits per heavy atom. The van der Waals surface area contributed by atoms with E-state index >= 15 is 0 Å². The molecule has 0 aromatic heterocycles. The van der Waals surface area contributed by atoms with Gasteiger partial charge in [-0.2, -0.15) is 5.26 Å². The van der Waals surface area contributed by atoms with Crippen molar-refractivity contribution in [3.63, 3.8) is 0 Å². The summed E-state index contributed by atoms with van der Waals surface area (Å²) in [4.78, 5) is 33.7. The summed E-state index contributed by atoms with van der Waals surface area (Å²) < 4.78 is 54.2. The van der Waals surface area contributed by atoms with E-state index in [1.165, 1.54) is 51.2 Å². The maximum Gasteiger partial charge on any atom is 0.573 e. The highest BCUT2D eigenvalue weighted by Gasteiger charge is 2.36. The van der Waals surface area contributed by atoms with Gasteiger partial charge in [-0.3, -0.25) is 9.59 Å². The van der Waals surface area contributed by atoms with E-state index in [0.29, 0.717) is 51.0 Å². The summed E-state index contributed by atoms with van der Waals surface area (Å²) in [6, 6.07) is 14.4. The van der Waals surface area contributed by atoms with Gasteiger partial charge in [0.15, 0.2) is 0 Å². The average Bonchev–Trinajstić information content (AvgIpc) is 3.47. The minimum atomic E-state index is -4.90. The first kappa shape index (κ1) is 35.7. The van der Waals surface area contributed by atoms with E-state index in [0.717, 1.165) is 0 Å². The molecule has 2 amide bonds. The van der Waals surface area contributed by atoms with Crippen LogP contribution in [0.5, 0.6) is 17.2 Å². The summed E-state index contributed by atoms with van der Waals surface area (Å²) in [5.74, 6) is -0.776. The number of fused-ring (bicyclic) bond motifs is 1. The van der Waals surface area contributed by atoms with Crippen molar-refractivity contribution in [1.82, 2.24) is 5.32 Å². The van der Waals surface area contributed by atoms with Crippen LogP contribution in [0.3, 0.4) is 0 Å². The second kappa shape index (κ2) is 14.7. The second-order valence-electron chi connectivity index (χ2n) is 11.1. The summed E-state index contributed by atoms with van der Waals surface area (Å²) in [5, 5.41) is 18.9. The Balaban J connectivity index is 1.72. The number of halogens is 4. The van der Waals surface area contributed by atoms with Gasteiger partial charge in [-0.25, -0.2) is 0 Å². The summed E-state index contributed by atoms with van der Waals surface area (Å²) >= 11 is 6.22. The smallest absolute Gasteiger partial charge is 0.497 e. The van der Waals surface area contributed by atoms with Gasteiger partial charge < -0.3 is 34.6 Å². The largest absolute Gasteiger partial charge is 0.573 e. The molecule has 1 unspecified atom stereocenters. The van der Waals surface area contributed by atoms with Gasteiger partial charge in [-0.05, 0) is 63.1 Å². The molecule has 11 nitrogen and oxygen atoms in total. The van der Waals surface area contributed by atoms with E-state index in [1.54, 1.807) is 43.3 Å². The van der Waals surface area contributed by atoms with Crippen molar-refractivity contribution >= 4 is 40.5 Å². The van der Waals surface area contributed by atoms with E-state index in [9.17, 15) is 22.8 Å². The van der Waals surface area contributed by atoms with Crippen molar-refractivity contribution in [2.24, 2.45) is 5.16 Å². The summed E-state index contributed by atoms with van der Waals surface area (Å²) in [7, 11) is 2.88. The number of alkyl halides is 3. The molecule has 48 heavy (non-hydrogen) atoms. The molecule has 0 saturated carbocycles. The topological polar surface area (TPSA) is 135 Å². The first-order valence-electron chi connectivity index (χ1n) is 14.5. The Bertz CT molecular complexity index is 1760. The maximum absolute atomic E-state index is 14.4. The van der Waals surface area contributed by atoms with Crippen molar-refractivity contribution < 1.29 is 41.8 Å². The quantitative estimate of drug-likeness (QED) is 0.131. The number of oxime groups is 1. The van der Waals surface area contributed by atoms with Crippen LogP contribution in [0.25, 0.3) is 0 Å². The van der Waals surface area contributed by atoms with Crippen LogP contribution in [0.2, 0.25) is 5.02 Å². The van der Waals surface area contributed by atoms with Gasteiger partial charge in [0.1, 0.15) is 29.8 Å². The van der Waals surface area contributed by atoms with Crippen molar-refractivity contribution in [3.05, 3.63) is 76.3 Å². The highest BCUT2D eigenvalue weighted by molar-refractivity contribution is 6.30. The fraction of sp³-hybridized carbons (Fsp3) is 0.333. The third-order valence-corrected chi connectivity index (χ3v) is 7.60. The van der Waals surface area contributed by atoms with Crippen LogP contribution in [0.15, 0.2) is 59.8 Å². The lowest BCUT2D eigenvalue weighted by atomic mass is 10.0. The van der Waals surface area contributed by atoms with Crippen LogP contribution >= 0.6 is 11.6 Å². The monoisotopic (exact) mass is 687 g/mol. The molecule has 1 aliphatic heterocycles. The predicted molar refractivity (Wildman–Crippen MR) is 173 cm³/mol. The summed E-state index contributed by atoms with van der Waals surface area (Å²) in [6.45, 7) is 4.67. The molecular formula is C33H33ClF3N5O6. The molecule has 15 heteroatoms. The summed E-state index contributed by atoms with van der Waals surface area (Å²) in [5.41, 5.74) is 1.27. The molecule has 0 spiro atoms. The fourth-order valence-electron chi connectivity index (χ4n) is 4.92. The van der Waals surface area contributed by atoms with Crippen LogP contribution in [0.4, 0.5) is 24.5 Å². The molecule has 0 saturated heterocycles. The normalized spacial score (nSPS) is 13.6. The minimum absolute atomic E-state index is 0.191. The number of carbonyl (C=O) groups is 2. The molecule has 2 N–H and O–H groups in total. The van der Waals surface area contributed by atoms with Crippen molar-refractivity contribution in [3.8, 4) is 23.3 Å². The number of methoxy groups -OCH3 is 2. The molecule has 1 atom stereocenters. The number of amides is 2. The molecule has 254 valence electrons. The number of hydrogen-bond acceptors (Lipinski definition) is 9. The third kappa shape index (κ3) is 8.60. The Morgan fingerprint density at radius 1 is 1.06 bits per heavy atom. The molecule has 3 aromatic rings. The van der Waals surface area contributed by atoms with Crippen LogP contribution < -0.4 is 29.7 Å². The molecule has 0 fully saturated rings. The Hall–Kier alpha value is -5.16. The van der Waals surface area contributed by atoms with Crippen molar-refractivity contribution in [1.29, 1.82) is 5.26 Å². The van der Waals surface area contributed by atoms with Crippen LogP contribution in [0, 0.1) is 11.3 Å². The number of benzene rings is 3. The SMILES string of the molecule is COc1cc(NC(C(=O)N2CCc3ccc(OC(F)(F)F)cc32)c2ccc(Cl)cc2OC)cc(C(C)=NOC(C)(C)C(=O)NCC#N)c1. The number of ether oxygens (including phenoxy) is 3. The van der Waals surface area contributed by atoms with Gasteiger partial charge in [0, 0.05) is 40.5 Å². The molecular weight excluding hydrogens is 655 g/mol. The molecule has 3 aromatic carbocycles. The highest BCUT2D eigenvalue weighted by atomic mass is 35.5. The van der Waals surface area contributed by atoms with E-state index in [2.05, 4.69) is 20.5 Å². The lowest BCUT2D eigenvalue weighted by Crippen LogP contribution is -2.43. The van der Waals surface area contributed by atoms with E-state index < -0.39 is 35.6 Å². The standard InChI is InChI=1S/C33H33ClF3N5O6/c1-19(41-48-32(2,3)31(44)39-12-11-38)21-14-23(17-25(15-21)45-4)40-29(26-9-7-22(34)16-28(26)46-5)30(43)42-13-10-20-6-8-24(18-27(20)42)47-33(35,36)37/h6-9,14-18,29,40H,10,12-13H2,1-5H3,(H,39,44). The molecule has 1 aliphatic rings. The van der Waals surface area contributed by atoms with Crippen LogP contribution in [-0.4, -0.2) is 56.8 Å². The molecule has 0 radical (unpaired) electrons. The zero-order chi connectivity index (χ0) is 35.2. The second-order valence-corrected chi connectivity index (χ2v) is 11.5. The Morgan fingerprint density at radius 2 is 1.81 bits per heavy atom. The van der Waals surface area contributed by atoms with Crippen LogP contribution in [0.1, 0.15) is 43.5 Å². The third-order valence-electron chi connectivity index (χ3n) is 7.36.